The zero-order chi connectivity index (χ0) is 24.6. The second-order valence-corrected chi connectivity index (χ2v) is 12.8. The fourth-order valence-corrected chi connectivity index (χ4v) is 8.62. The van der Waals surface area contributed by atoms with E-state index in [0.717, 1.165) is 64.3 Å². The number of hydrogen-bond acceptors (Lipinski definition) is 5. The lowest BCUT2D eigenvalue weighted by Gasteiger charge is -2.63. The number of aliphatic hydroxyl groups is 2. The third-order valence-electron chi connectivity index (χ3n) is 10.9. The number of allylic oxidation sites excluding steroid dienone is 2. The molecule has 0 heterocycles. The van der Waals surface area contributed by atoms with Gasteiger partial charge in [0.25, 0.3) is 0 Å². The summed E-state index contributed by atoms with van der Waals surface area (Å²) < 4.78 is 0. The molecule has 2 N–H and O–H groups in total. The van der Waals surface area contributed by atoms with Crippen molar-refractivity contribution in [2.24, 2.45) is 39.7 Å². The lowest BCUT2D eigenvalue weighted by atomic mass is 9.43. The van der Waals surface area contributed by atoms with E-state index in [2.05, 4.69) is 51.0 Å². The average Bonchev–Trinajstić information content (AvgIpc) is 3.06. The van der Waals surface area contributed by atoms with Gasteiger partial charge < -0.3 is 20.0 Å². The van der Waals surface area contributed by atoms with Gasteiger partial charge in [0.05, 0.1) is 17.9 Å². The first-order valence-corrected chi connectivity index (χ1v) is 14.0. The monoisotopic (exact) mass is 474 g/mol. The summed E-state index contributed by atoms with van der Waals surface area (Å²) in [6.07, 6.45) is 15.8. The van der Waals surface area contributed by atoms with Gasteiger partial charge in [-0.15, -0.1) is 0 Å². The zero-order valence-corrected chi connectivity index (χ0v) is 22.4. The molecule has 0 bridgehead atoms. The molecular formula is C29H50N2O3. The van der Waals surface area contributed by atoms with Crippen molar-refractivity contribution in [3.8, 4) is 0 Å². The van der Waals surface area contributed by atoms with E-state index in [0.29, 0.717) is 30.3 Å². The molecule has 4 fully saturated rings. The predicted octanol–water partition coefficient (Wildman–Crippen LogP) is 5.41. The van der Waals surface area contributed by atoms with Crippen LogP contribution in [0.2, 0.25) is 0 Å². The molecule has 4 aliphatic carbocycles. The standard InChI is InChI=1S/C29H50N2O3/c1-6-21(20-30-34-17-7-16-31(4)5)18-23-10-15-29(33)26-9-8-22-19-24(32)11-13-27(22,2)25(26)12-14-28(23,29)3/h18,20,22-26,32-33H,6-17,19H2,1-5H3/b21-18+,30-20+/t22-,23-,24+,25+,26-,27+,28-,29+/m1/s1. The lowest BCUT2D eigenvalue weighted by molar-refractivity contribution is -0.207. The normalized spacial score (nSPS) is 44.7. The summed E-state index contributed by atoms with van der Waals surface area (Å²) in [5.74, 6) is 2.03. The molecule has 0 aromatic carbocycles. The highest BCUT2D eigenvalue weighted by atomic mass is 16.6. The molecule has 0 unspecified atom stereocenters. The van der Waals surface area contributed by atoms with Crippen LogP contribution < -0.4 is 0 Å². The number of fused-ring (bicyclic) bond motifs is 5. The number of nitrogens with zero attached hydrogens (tertiary/aromatic N) is 2. The average molecular weight is 475 g/mol. The van der Waals surface area contributed by atoms with E-state index < -0.39 is 5.60 Å². The Hall–Kier alpha value is -0.910. The summed E-state index contributed by atoms with van der Waals surface area (Å²) in [4.78, 5) is 7.67. The third kappa shape index (κ3) is 4.62. The first-order chi connectivity index (χ1) is 16.1. The number of oxime groups is 1. The molecule has 4 saturated carbocycles. The van der Waals surface area contributed by atoms with Crippen LogP contribution in [-0.4, -0.2) is 60.3 Å². The van der Waals surface area contributed by atoms with E-state index in [1.807, 2.05) is 6.21 Å². The second-order valence-electron chi connectivity index (χ2n) is 12.8. The molecule has 5 nitrogen and oxygen atoms in total. The summed E-state index contributed by atoms with van der Waals surface area (Å²) in [6, 6.07) is 0. The van der Waals surface area contributed by atoms with Gasteiger partial charge in [0.2, 0.25) is 0 Å². The smallest absolute Gasteiger partial charge is 0.118 e. The molecule has 0 aromatic rings. The first kappa shape index (κ1) is 26.2. The van der Waals surface area contributed by atoms with E-state index in [4.69, 9.17) is 4.84 Å². The van der Waals surface area contributed by atoms with Crippen LogP contribution in [0.15, 0.2) is 16.8 Å². The highest BCUT2D eigenvalue weighted by molar-refractivity contribution is 5.77. The molecule has 0 saturated heterocycles. The van der Waals surface area contributed by atoms with Crippen LogP contribution in [-0.2, 0) is 4.84 Å². The topological polar surface area (TPSA) is 65.3 Å². The van der Waals surface area contributed by atoms with Gasteiger partial charge in [-0.2, -0.15) is 0 Å². The zero-order valence-electron chi connectivity index (χ0n) is 22.4. The molecule has 34 heavy (non-hydrogen) atoms. The van der Waals surface area contributed by atoms with Crippen molar-refractivity contribution < 1.29 is 15.1 Å². The van der Waals surface area contributed by atoms with Crippen molar-refractivity contribution in [2.75, 3.05) is 27.2 Å². The summed E-state index contributed by atoms with van der Waals surface area (Å²) in [5, 5.41) is 26.9. The van der Waals surface area contributed by atoms with E-state index >= 15 is 0 Å². The molecule has 5 heteroatoms. The van der Waals surface area contributed by atoms with Crippen molar-refractivity contribution >= 4 is 6.21 Å². The van der Waals surface area contributed by atoms with Gasteiger partial charge in [0, 0.05) is 12.0 Å². The molecule has 0 aromatic heterocycles. The van der Waals surface area contributed by atoms with Crippen LogP contribution in [0.25, 0.3) is 0 Å². The Bertz CT molecular complexity index is 766. The molecular weight excluding hydrogens is 424 g/mol. The number of hydrogen-bond donors (Lipinski definition) is 2. The molecule has 8 atom stereocenters. The third-order valence-corrected chi connectivity index (χ3v) is 10.9. The molecule has 0 radical (unpaired) electrons. The minimum absolute atomic E-state index is 0.0631. The van der Waals surface area contributed by atoms with Crippen molar-refractivity contribution in [1.29, 1.82) is 0 Å². The Balaban J connectivity index is 1.46. The van der Waals surface area contributed by atoms with Gasteiger partial charge in [0.1, 0.15) is 6.61 Å². The van der Waals surface area contributed by atoms with Crippen molar-refractivity contribution in [2.45, 2.75) is 103 Å². The minimum Gasteiger partial charge on any atom is -0.396 e. The summed E-state index contributed by atoms with van der Waals surface area (Å²) in [7, 11) is 4.15. The van der Waals surface area contributed by atoms with Crippen molar-refractivity contribution in [3.63, 3.8) is 0 Å². The molecule has 0 aliphatic heterocycles. The molecule has 0 amide bonds. The maximum atomic E-state index is 12.4. The van der Waals surface area contributed by atoms with E-state index in [-0.39, 0.29) is 16.9 Å². The fourth-order valence-electron chi connectivity index (χ4n) is 8.62. The predicted molar refractivity (Wildman–Crippen MR) is 139 cm³/mol. The molecule has 4 aliphatic rings. The van der Waals surface area contributed by atoms with Crippen molar-refractivity contribution in [3.05, 3.63) is 11.6 Å². The van der Waals surface area contributed by atoms with Crippen LogP contribution in [0.5, 0.6) is 0 Å². The van der Waals surface area contributed by atoms with E-state index in [1.54, 1.807) is 0 Å². The summed E-state index contributed by atoms with van der Waals surface area (Å²) >= 11 is 0. The van der Waals surface area contributed by atoms with Crippen LogP contribution >= 0.6 is 0 Å². The van der Waals surface area contributed by atoms with Gasteiger partial charge in [-0.3, -0.25) is 0 Å². The number of aliphatic hydroxyl groups excluding tert-OH is 1. The van der Waals surface area contributed by atoms with Crippen LogP contribution in [0.1, 0.15) is 91.4 Å². The second kappa shape index (κ2) is 10.2. The largest absolute Gasteiger partial charge is 0.396 e. The highest BCUT2D eigenvalue weighted by Gasteiger charge is 2.66. The molecule has 194 valence electrons. The van der Waals surface area contributed by atoms with Crippen molar-refractivity contribution in [1.82, 2.24) is 4.90 Å². The number of rotatable bonds is 8. The first-order valence-electron chi connectivity index (χ1n) is 14.0. The Morgan fingerprint density at radius 2 is 1.85 bits per heavy atom. The van der Waals surface area contributed by atoms with Crippen LogP contribution in [0.4, 0.5) is 0 Å². The van der Waals surface area contributed by atoms with Gasteiger partial charge in [0.15, 0.2) is 0 Å². The Kier molecular flexibility index (Phi) is 7.86. The molecule has 0 spiro atoms. The highest BCUT2D eigenvalue weighted by Crippen LogP contribution is 2.69. The fraction of sp³-hybridized carbons (Fsp3) is 0.897. The van der Waals surface area contributed by atoms with Gasteiger partial charge in [-0.05, 0) is 119 Å². The van der Waals surface area contributed by atoms with Crippen LogP contribution in [0, 0.1) is 34.5 Å². The minimum atomic E-state index is -0.570. The van der Waals surface area contributed by atoms with Crippen LogP contribution in [0.3, 0.4) is 0 Å². The van der Waals surface area contributed by atoms with E-state index in [9.17, 15) is 10.2 Å². The molecule has 4 rings (SSSR count). The quantitative estimate of drug-likeness (QED) is 0.280. The van der Waals surface area contributed by atoms with Gasteiger partial charge in [-0.1, -0.05) is 32.0 Å². The SMILES string of the molecule is CCC(/C=N/OCCCN(C)C)=C\[C@H]1CC[C@]2(O)[C@@H]3CC[C@@H]4C[C@@H](O)CC[C@]4(C)[C@H]3CC[C@]12C. The van der Waals surface area contributed by atoms with Gasteiger partial charge >= 0.3 is 0 Å². The maximum Gasteiger partial charge on any atom is 0.118 e. The maximum absolute atomic E-state index is 12.4. The van der Waals surface area contributed by atoms with Gasteiger partial charge in [-0.25, -0.2) is 0 Å². The Morgan fingerprint density at radius 3 is 2.59 bits per heavy atom. The lowest BCUT2D eigenvalue weighted by Crippen LogP contribution is -2.62. The summed E-state index contributed by atoms with van der Waals surface area (Å²) in [5.41, 5.74) is 0.881. The van der Waals surface area contributed by atoms with E-state index in [1.165, 1.54) is 18.4 Å². The summed E-state index contributed by atoms with van der Waals surface area (Å²) in [6.45, 7) is 8.70. The Labute approximate surface area is 208 Å². The Morgan fingerprint density at radius 1 is 1.06 bits per heavy atom.